The van der Waals surface area contributed by atoms with Gasteiger partial charge in [-0.2, -0.15) is 0 Å². The van der Waals surface area contributed by atoms with Crippen LogP contribution in [-0.4, -0.2) is 34.9 Å². The lowest BCUT2D eigenvalue weighted by Crippen LogP contribution is -2.45. The predicted octanol–water partition coefficient (Wildman–Crippen LogP) is 13.0. The number of rotatable bonds is 34. The van der Waals surface area contributed by atoms with Gasteiger partial charge in [0.1, 0.15) is 0 Å². The zero-order valence-electron chi connectivity index (χ0n) is 33.5. The van der Waals surface area contributed by atoms with Crippen molar-refractivity contribution < 1.29 is 15.0 Å². The van der Waals surface area contributed by atoms with E-state index in [1.165, 1.54) is 0 Å². The molecule has 0 radical (unpaired) electrons. The van der Waals surface area contributed by atoms with E-state index in [9.17, 15) is 15.0 Å². The second-order valence-corrected chi connectivity index (χ2v) is 12.9. The fraction of sp³-hybridized carbons (Fsp3) is 0.490. The number of hydrogen-bond acceptors (Lipinski definition) is 3. The average Bonchev–Trinajstić information content (AvgIpc) is 3.16. The van der Waals surface area contributed by atoms with E-state index in [4.69, 9.17) is 0 Å². The Hall–Kier alpha value is -3.73. The zero-order chi connectivity index (χ0) is 38.6. The summed E-state index contributed by atoms with van der Waals surface area (Å²) in [5.74, 6) is -0.122. The summed E-state index contributed by atoms with van der Waals surface area (Å²) in [6.07, 6.45) is 69.5. The monoisotopic (exact) mass is 726 g/mol. The molecule has 1 amide bonds. The Morgan fingerprint density at radius 3 is 1.21 bits per heavy atom. The normalized spacial score (nSPS) is 14.6. The second-order valence-electron chi connectivity index (χ2n) is 12.9. The molecule has 0 heterocycles. The van der Waals surface area contributed by atoms with Crippen LogP contribution in [-0.2, 0) is 4.79 Å². The van der Waals surface area contributed by atoms with Gasteiger partial charge < -0.3 is 15.5 Å². The summed E-state index contributed by atoms with van der Waals surface area (Å²) < 4.78 is 0. The summed E-state index contributed by atoms with van der Waals surface area (Å²) >= 11 is 0. The van der Waals surface area contributed by atoms with E-state index in [1.807, 2.05) is 6.08 Å². The number of unbranched alkanes of at least 4 members (excludes halogenated alkanes) is 5. The van der Waals surface area contributed by atoms with E-state index >= 15 is 0 Å². The number of aliphatic hydroxyl groups excluding tert-OH is 2. The summed E-state index contributed by atoms with van der Waals surface area (Å²) in [5.41, 5.74) is 0. The number of carbonyl (C=O) groups excluding carboxylic acids is 1. The van der Waals surface area contributed by atoms with Crippen LogP contribution in [0.25, 0.3) is 0 Å². The molecule has 0 aromatic heterocycles. The van der Waals surface area contributed by atoms with Crippen LogP contribution in [0.4, 0.5) is 0 Å². The Morgan fingerprint density at radius 2 is 0.792 bits per heavy atom. The molecule has 4 nitrogen and oxygen atoms in total. The highest BCUT2D eigenvalue weighted by Gasteiger charge is 2.17. The number of allylic oxidation sites excluding steroid dienone is 23. The minimum atomic E-state index is -0.893. The van der Waals surface area contributed by atoms with E-state index < -0.39 is 12.1 Å². The Bertz CT molecular complexity index is 1190. The second kappa shape index (κ2) is 42.7. The Morgan fingerprint density at radius 1 is 0.453 bits per heavy atom. The number of amides is 1. The van der Waals surface area contributed by atoms with Crippen LogP contribution in [0.5, 0.6) is 0 Å². The summed E-state index contributed by atoms with van der Waals surface area (Å²) in [4.78, 5) is 12.3. The van der Waals surface area contributed by atoms with E-state index in [2.05, 4.69) is 153 Å². The maximum Gasteiger partial charge on any atom is 0.220 e. The number of carbonyl (C=O) groups is 1. The molecule has 2 unspecified atom stereocenters. The van der Waals surface area contributed by atoms with Crippen molar-refractivity contribution in [1.82, 2.24) is 5.32 Å². The quantitative estimate of drug-likeness (QED) is 0.0457. The highest BCUT2D eigenvalue weighted by molar-refractivity contribution is 5.76. The topological polar surface area (TPSA) is 69.6 Å². The average molecular weight is 726 g/mol. The summed E-state index contributed by atoms with van der Waals surface area (Å²) in [5, 5.41) is 22.8. The molecule has 294 valence electrons. The first-order chi connectivity index (χ1) is 26.2. The van der Waals surface area contributed by atoms with Crippen molar-refractivity contribution in [2.45, 2.75) is 148 Å². The van der Waals surface area contributed by atoms with Crippen LogP contribution >= 0.6 is 0 Å². The van der Waals surface area contributed by atoms with Crippen LogP contribution in [0.1, 0.15) is 136 Å². The molecule has 0 aromatic rings. The number of aliphatic hydroxyl groups is 2. The van der Waals surface area contributed by atoms with Crippen molar-refractivity contribution in [2.24, 2.45) is 0 Å². The lowest BCUT2D eigenvalue weighted by Gasteiger charge is -2.19. The van der Waals surface area contributed by atoms with Crippen molar-refractivity contribution in [3.8, 4) is 0 Å². The minimum absolute atomic E-state index is 0.122. The summed E-state index contributed by atoms with van der Waals surface area (Å²) in [6.45, 7) is 4.01. The molecule has 3 N–H and O–H groups in total. The molecule has 0 saturated heterocycles. The standard InChI is InChI=1S/C49H75NO3/c1-3-5-7-9-11-13-15-16-17-18-19-20-21-22-23-24-25-26-27-28-29-30-31-32-33-34-35-37-39-41-43-45-49(53)50-47(46-51)48(52)44-42-40-38-36-14-12-10-8-6-4-2/h5-8,11,13-14,16-17,19-20,22-23,25-26,28-29,31-32,34-36,42,44,47-48,51-52H,3-4,9-10,12,15,18,21,24,27,30,33,37-41,43,45-46H2,1-2H3,(H,50,53)/b7-5-,8-6+,13-11-,17-16-,20-19-,23-22-,26-25-,29-28-,32-31-,35-34-,36-14+,44-42+. The van der Waals surface area contributed by atoms with Gasteiger partial charge in [0, 0.05) is 6.42 Å². The molecule has 0 fully saturated rings. The van der Waals surface area contributed by atoms with E-state index in [0.717, 1.165) is 116 Å². The van der Waals surface area contributed by atoms with Crippen LogP contribution in [0.2, 0.25) is 0 Å². The molecular formula is C49H75NO3. The van der Waals surface area contributed by atoms with Gasteiger partial charge in [0.25, 0.3) is 0 Å². The molecule has 53 heavy (non-hydrogen) atoms. The van der Waals surface area contributed by atoms with Gasteiger partial charge in [-0.05, 0) is 109 Å². The Kier molecular flexibility index (Phi) is 39.7. The Labute approximate surface area is 325 Å². The van der Waals surface area contributed by atoms with E-state index in [0.29, 0.717) is 6.42 Å². The first kappa shape index (κ1) is 49.3. The fourth-order valence-electron chi connectivity index (χ4n) is 4.97. The first-order valence-corrected chi connectivity index (χ1v) is 20.5. The summed E-state index contributed by atoms with van der Waals surface area (Å²) in [7, 11) is 0. The SMILES string of the molecule is CC/C=C\C/C=C\C/C=C\C/C=C\C/C=C\C/C=C\C/C=C\C/C=C\C/C=C\CCCCCC(=O)NC(CO)C(O)/C=C/CC/C=C/CC/C=C/CC. The molecule has 0 aliphatic heterocycles. The molecule has 0 rings (SSSR count). The van der Waals surface area contributed by atoms with Crippen LogP contribution in [0, 0.1) is 0 Å². The van der Waals surface area contributed by atoms with Crippen molar-refractivity contribution in [2.75, 3.05) is 6.61 Å². The van der Waals surface area contributed by atoms with Crippen molar-refractivity contribution >= 4 is 5.91 Å². The minimum Gasteiger partial charge on any atom is -0.394 e. The highest BCUT2D eigenvalue weighted by Crippen LogP contribution is 2.07. The predicted molar refractivity (Wildman–Crippen MR) is 234 cm³/mol. The Balaban J connectivity index is 3.79. The summed E-state index contributed by atoms with van der Waals surface area (Å²) in [6, 6.07) is -0.673. The van der Waals surface area contributed by atoms with Gasteiger partial charge in [0.15, 0.2) is 0 Å². The molecule has 0 aromatic carbocycles. The third-order valence-corrected chi connectivity index (χ3v) is 8.05. The maximum atomic E-state index is 12.3. The third-order valence-electron chi connectivity index (χ3n) is 8.05. The first-order valence-electron chi connectivity index (χ1n) is 20.5. The zero-order valence-corrected chi connectivity index (χ0v) is 33.5. The molecule has 0 aliphatic carbocycles. The van der Waals surface area contributed by atoms with Crippen molar-refractivity contribution in [3.63, 3.8) is 0 Å². The van der Waals surface area contributed by atoms with Gasteiger partial charge >= 0.3 is 0 Å². The fourth-order valence-corrected chi connectivity index (χ4v) is 4.97. The third kappa shape index (κ3) is 39.3. The largest absolute Gasteiger partial charge is 0.394 e. The highest BCUT2D eigenvalue weighted by atomic mass is 16.3. The molecule has 0 bridgehead atoms. The van der Waals surface area contributed by atoms with Crippen LogP contribution < -0.4 is 5.32 Å². The van der Waals surface area contributed by atoms with E-state index in [1.54, 1.807) is 6.08 Å². The van der Waals surface area contributed by atoms with Gasteiger partial charge in [-0.25, -0.2) is 0 Å². The van der Waals surface area contributed by atoms with Gasteiger partial charge in [0.2, 0.25) is 5.91 Å². The van der Waals surface area contributed by atoms with Crippen molar-refractivity contribution in [1.29, 1.82) is 0 Å². The molecular weight excluding hydrogens is 651 g/mol. The van der Waals surface area contributed by atoms with Gasteiger partial charge in [-0.1, -0.05) is 166 Å². The lowest BCUT2D eigenvalue weighted by atomic mass is 10.1. The smallest absolute Gasteiger partial charge is 0.220 e. The maximum absolute atomic E-state index is 12.3. The number of nitrogens with one attached hydrogen (secondary N) is 1. The molecule has 4 heteroatoms. The van der Waals surface area contributed by atoms with Crippen LogP contribution in [0.3, 0.4) is 0 Å². The molecule has 0 aliphatic rings. The van der Waals surface area contributed by atoms with Gasteiger partial charge in [0.05, 0.1) is 18.8 Å². The lowest BCUT2D eigenvalue weighted by molar-refractivity contribution is -0.123. The van der Waals surface area contributed by atoms with Crippen molar-refractivity contribution in [3.05, 3.63) is 146 Å². The molecule has 2 atom stereocenters. The molecule has 0 spiro atoms. The molecule has 0 saturated carbocycles. The van der Waals surface area contributed by atoms with Gasteiger partial charge in [-0.3, -0.25) is 4.79 Å². The van der Waals surface area contributed by atoms with E-state index in [-0.39, 0.29) is 12.5 Å². The number of hydrogen-bond donors (Lipinski definition) is 3. The van der Waals surface area contributed by atoms with Gasteiger partial charge in [-0.15, -0.1) is 0 Å². The van der Waals surface area contributed by atoms with Crippen LogP contribution in [0.15, 0.2) is 146 Å².